The van der Waals surface area contributed by atoms with Crippen LogP contribution in [0.25, 0.3) is 0 Å². The van der Waals surface area contributed by atoms with E-state index in [2.05, 4.69) is 63.1 Å². The summed E-state index contributed by atoms with van der Waals surface area (Å²) < 4.78 is 0. The topological polar surface area (TPSA) is 68.8 Å². The molecule has 2 aromatic carbocycles. The molecule has 3 rings (SSSR count). The van der Waals surface area contributed by atoms with Crippen LogP contribution in [0, 0.1) is 0 Å². The number of nitrogens with zero attached hydrogens (tertiary/aromatic N) is 2. The molecule has 7 heteroatoms. The molecule has 2 aromatic rings. The second kappa shape index (κ2) is 12.7. The molecule has 6 nitrogen and oxygen atoms in total. The molecule has 1 aliphatic heterocycles. The third-order valence-corrected chi connectivity index (χ3v) is 5.71. The number of rotatable bonds is 6. The first kappa shape index (κ1) is 25.1. The van der Waals surface area contributed by atoms with Crippen molar-refractivity contribution in [2.45, 2.75) is 44.9 Å². The zero-order valence-corrected chi connectivity index (χ0v) is 20.9. The van der Waals surface area contributed by atoms with E-state index in [-0.39, 0.29) is 29.9 Å². The van der Waals surface area contributed by atoms with Gasteiger partial charge in [-0.3, -0.25) is 14.7 Å². The molecule has 0 radical (unpaired) electrons. The second-order valence-electron chi connectivity index (χ2n) is 7.87. The maximum atomic E-state index is 11.7. The van der Waals surface area contributed by atoms with E-state index in [1.165, 1.54) is 5.56 Å². The number of nitrogens with one attached hydrogen (secondary N) is 3. The van der Waals surface area contributed by atoms with E-state index >= 15 is 0 Å². The number of benzene rings is 2. The van der Waals surface area contributed by atoms with Gasteiger partial charge in [-0.15, -0.1) is 24.0 Å². The van der Waals surface area contributed by atoms with Crippen molar-refractivity contribution in [3.8, 4) is 0 Å². The van der Waals surface area contributed by atoms with Gasteiger partial charge < -0.3 is 16.0 Å². The molecule has 1 fully saturated rings. The lowest BCUT2D eigenvalue weighted by atomic mass is 9.97. The molecule has 0 saturated carbocycles. The molecule has 168 valence electrons. The fraction of sp³-hybridized carbons (Fsp3) is 0.417. The van der Waals surface area contributed by atoms with Crippen molar-refractivity contribution in [3.05, 3.63) is 71.3 Å². The number of carbonyl (C=O) groups excluding carboxylic acids is 1. The summed E-state index contributed by atoms with van der Waals surface area (Å²) in [5.74, 6) is 0.749. The average Bonchev–Trinajstić information content (AvgIpc) is 2.79. The van der Waals surface area contributed by atoms with Crippen LogP contribution < -0.4 is 16.0 Å². The third kappa shape index (κ3) is 7.50. The number of aliphatic imine (C=N–C) groups is 1. The Balaban J connectivity index is 0.00000341. The Labute approximate surface area is 202 Å². The average molecular weight is 535 g/mol. The summed E-state index contributed by atoms with van der Waals surface area (Å²) in [5, 5.41) is 9.60. The van der Waals surface area contributed by atoms with Gasteiger partial charge in [-0.1, -0.05) is 42.5 Å². The molecular formula is C24H34IN5O. The van der Waals surface area contributed by atoms with Crippen molar-refractivity contribution in [3.63, 3.8) is 0 Å². The zero-order chi connectivity index (χ0) is 21.3. The van der Waals surface area contributed by atoms with Crippen LogP contribution >= 0.6 is 24.0 Å². The van der Waals surface area contributed by atoms with Gasteiger partial charge in [0.1, 0.15) is 0 Å². The molecule has 1 aliphatic rings. The number of likely N-dealkylation sites (tertiary alicyclic amines) is 1. The lowest BCUT2D eigenvalue weighted by Gasteiger charge is -2.38. The highest BCUT2D eigenvalue weighted by Gasteiger charge is 2.25. The monoisotopic (exact) mass is 535 g/mol. The minimum absolute atomic E-state index is 0. The molecule has 1 heterocycles. The van der Waals surface area contributed by atoms with Gasteiger partial charge in [0, 0.05) is 51.4 Å². The number of hydrogen-bond acceptors (Lipinski definition) is 3. The number of piperidine rings is 1. The Bertz CT molecular complexity index is 841. The molecule has 2 unspecified atom stereocenters. The Hall–Kier alpha value is -2.13. The minimum atomic E-state index is -0.0697. The lowest BCUT2D eigenvalue weighted by Crippen LogP contribution is -2.51. The quantitative estimate of drug-likeness (QED) is 0.302. The normalized spacial score (nSPS) is 19.3. The van der Waals surface area contributed by atoms with Crippen molar-refractivity contribution in [1.29, 1.82) is 0 Å². The van der Waals surface area contributed by atoms with Gasteiger partial charge in [0.15, 0.2) is 5.96 Å². The van der Waals surface area contributed by atoms with E-state index in [0.29, 0.717) is 24.2 Å². The van der Waals surface area contributed by atoms with Crippen molar-refractivity contribution in [2.75, 3.05) is 20.6 Å². The van der Waals surface area contributed by atoms with E-state index in [1.807, 2.05) is 24.3 Å². The summed E-state index contributed by atoms with van der Waals surface area (Å²) in [6.45, 7) is 5.05. The van der Waals surface area contributed by atoms with Crippen LogP contribution in [0.3, 0.4) is 0 Å². The van der Waals surface area contributed by atoms with Crippen LogP contribution in [-0.2, 0) is 13.1 Å². The van der Waals surface area contributed by atoms with Gasteiger partial charge in [0.2, 0.25) is 0 Å². The van der Waals surface area contributed by atoms with Gasteiger partial charge in [-0.05, 0) is 43.0 Å². The van der Waals surface area contributed by atoms with Crippen LogP contribution in [0.4, 0.5) is 0 Å². The summed E-state index contributed by atoms with van der Waals surface area (Å²) in [7, 11) is 3.44. The van der Waals surface area contributed by atoms with E-state index in [4.69, 9.17) is 0 Å². The highest BCUT2D eigenvalue weighted by Crippen LogP contribution is 2.20. The number of carbonyl (C=O) groups is 1. The molecular weight excluding hydrogens is 501 g/mol. The van der Waals surface area contributed by atoms with E-state index in [1.54, 1.807) is 14.1 Å². The number of guanidine groups is 1. The van der Waals surface area contributed by atoms with Gasteiger partial charge in [0.25, 0.3) is 5.91 Å². The molecule has 1 amide bonds. The van der Waals surface area contributed by atoms with Gasteiger partial charge >= 0.3 is 0 Å². The van der Waals surface area contributed by atoms with Crippen LogP contribution in [0.15, 0.2) is 59.6 Å². The summed E-state index contributed by atoms with van der Waals surface area (Å²) >= 11 is 0. The number of amides is 1. The first-order valence-electron chi connectivity index (χ1n) is 10.6. The van der Waals surface area contributed by atoms with E-state index in [9.17, 15) is 4.79 Å². The maximum absolute atomic E-state index is 11.7. The first-order chi connectivity index (χ1) is 14.6. The number of hydrogen-bond donors (Lipinski definition) is 3. The summed E-state index contributed by atoms with van der Waals surface area (Å²) in [6, 6.07) is 19.2. The number of halogens is 1. The van der Waals surface area contributed by atoms with Crippen LogP contribution in [-0.4, -0.2) is 49.5 Å². The van der Waals surface area contributed by atoms with Crippen molar-refractivity contribution >= 4 is 35.8 Å². The Morgan fingerprint density at radius 3 is 2.42 bits per heavy atom. The maximum Gasteiger partial charge on any atom is 0.251 e. The van der Waals surface area contributed by atoms with E-state index in [0.717, 1.165) is 37.5 Å². The molecule has 0 aliphatic carbocycles. The molecule has 2 atom stereocenters. The minimum Gasteiger partial charge on any atom is -0.355 e. The smallest absolute Gasteiger partial charge is 0.251 e. The summed E-state index contributed by atoms with van der Waals surface area (Å²) in [4.78, 5) is 18.6. The van der Waals surface area contributed by atoms with E-state index < -0.39 is 0 Å². The zero-order valence-electron chi connectivity index (χ0n) is 18.6. The molecule has 0 aromatic heterocycles. The molecule has 0 bridgehead atoms. The molecule has 1 saturated heterocycles. The fourth-order valence-corrected chi connectivity index (χ4v) is 3.90. The summed E-state index contributed by atoms with van der Waals surface area (Å²) in [5.41, 5.74) is 3.15. The Kier molecular flexibility index (Phi) is 10.3. The Morgan fingerprint density at radius 2 is 1.81 bits per heavy atom. The van der Waals surface area contributed by atoms with Crippen LogP contribution in [0.2, 0.25) is 0 Å². The third-order valence-electron chi connectivity index (χ3n) is 5.71. The Morgan fingerprint density at radius 1 is 1.10 bits per heavy atom. The van der Waals surface area contributed by atoms with Crippen molar-refractivity contribution in [2.24, 2.45) is 4.99 Å². The first-order valence-corrected chi connectivity index (χ1v) is 10.6. The largest absolute Gasteiger partial charge is 0.355 e. The predicted molar refractivity (Wildman–Crippen MR) is 138 cm³/mol. The SMILES string of the molecule is CN=C(NCc1ccc(C(=O)NC)cc1)NC1CCN(Cc2ccccc2)C(C)C1.I. The van der Waals surface area contributed by atoms with Crippen LogP contribution in [0.5, 0.6) is 0 Å². The fourth-order valence-electron chi connectivity index (χ4n) is 3.90. The van der Waals surface area contributed by atoms with Gasteiger partial charge in [-0.2, -0.15) is 0 Å². The van der Waals surface area contributed by atoms with Gasteiger partial charge in [0.05, 0.1) is 0 Å². The second-order valence-corrected chi connectivity index (χ2v) is 7.87. The van der Waals surface area contributed by atoms with Crippen LogP contribution in [0.1, 0.15) is 41.3 Å². The molecule has 31 heavy (non-hydrogen) atoms. The molecule has 3 N–H and O–H groups in total. The standard InChI is InChI=1S/C24H33N5O.HI/c1-18-15-22(13-14-29(18)17-20-7-5-4-6-8-20)28-24(26-3)27-16-19-9-11-21(12-10-19)23(30)25-2;/h4-12,18,22H,13-17H2,1-3H3,(H,25,30)(H2,26,27,28);1H. The summed E-state index contributed by atoms with van der Waals surface area (Å²) in [6.07, 6.45) is 2.19. The lowest BCUT2D eigenvalue weighted by molar-refractivity contribution is 0.0963. The van der Waals surface area contributed by atoms with Crippen molar-refractivity contribution in [1.82, 2.24) is 20.9 Å². The van der Waals surface area contributed by atoms with Crippen molar-refractivity contribution < 1.29 is 4.79 Å². The highest BCUT2D eigenvalue weighted by molar-refractivity contribution is 14.0. The predicted octanol–water partition coefficient (Wildman–Crippen LogP) is 3.38. The highest BCUT2D eigenvalue weighted by atomic mass is 127. The molecule has 0 spiro atoms. The van der Waals surface area contributed by atoms with Gasteiger partial charge in [-0.25, -0.2) is 0 Å².